The summed E-state index contributed by atoms with van der Waals surface area (Å²) in [6.07, 6.45) is 2.27. The van der Waals surface area contributed by atoms with Crippen molar-refractivity contribution in [2.24, 2.45) is 7.05 Å². The third-order valence-electron chi connectivity index (χ3n) is 3.63. The SMILES string of the molecule is Cn1nc(CC2(O)CCCOC2)c2ccccc21. The van der Waals surface area contributed by atoms with Crippen LogP contribution in [-0.2, 0) is 18.2 Å². The van der Waals surface area contributed by atoms with Gasteiger partial charge in [0.05, 0.1) is 23.4 Å². The molecule has 0 amide bonds. The molecule has 1 saturated heterocycles. The zero-order valence-electron chi connectivity index (χ0n) is 10.6. The average molecular weight is 246 g/mol. The minimum atomic E-state index is -0.755. The summed E-state index contributed by atoms with van der Waals surface area (Å²) in [4.78, 5) is 0. The van der Waals surface area contributed by atoms with Gasteiger partial charge < -0.3 is 9.84 Å². The van der Waals surface area contributed by atoms with E-state index in [2.05, 4.69) is 11.2 Å². The molecule has 3 rings (SSSR count). The summed E-state index contributed by atoms with van der Waals surface area (Å²) in [7, 11) is 1.94. The first-order chi connectivity index (χ1) is 8.68. The molecule has 2 aromatic rings. The van der Waals surface area contributed by atoms with E-state index >= 15 is 0 Å². The monoisotopic (exact) mass is 246 g/mol. The molecule has 1 aliphatic heterocycles. The normalized spacial score (nSPS) is 24.6. The van der Waals surface area contributed by atoms with Gasteiger partial charge in [0, 0.05) is 25.5 Å². The second kappa shape index (κ2) is 4.37. The van der Waals surface area contributed by atoms with E-state index < -0.39 is 5.60 Å². The zero-order valence-corrected chi connectivity index (χ0v) is 10.6. The number of fused-ring (bicyclic) bond motifs is 1. The Kier molecular flexibility index (Phi) is 2.84. The standard InChI is InChI=1S/C14H18N2O2/c1-16-13-6-3-2-5-11(13)12(15-16)9-14(17)7-4-8-18-10-14/h2-3,5-6,17H,4,7-10H2,1H3. The van der Waals surface area contributed by atoms with Crippen LogP contribution in [0.2, 0.25) is 0 Å². The van der Waals surface area contributed by atoms with Crippen LogP contribution in [0, 0.1) is 0 Å². The van der Waals surface area contributed by atoms with E-state index in [0.717, 1.165) is 36.0 Å². The summed E-state index contributed by atoms with van der Waals surface area (Å²) in [6, 6.07) is 8.12. The molecule has 4 heteroatoms. The summed E-state index contributed by atoms with van der Waals surface area (Å²) in [5.74, 6) is 0. The molecule has 1 atom stereocenters. The molecule has 1 N–H and O–H groups in total. The molecule has 4 nitrogen and oxygen atoms in total. The molecule has 96 valence electrons. The van der Waals surface area contributed by atoms with Crippen molar-refractivity contribution in [1.82, 2.24) is 9.78 Å². The fourth-order valence-electron chi connectivity index (χ4n) is 2.71. The Hall–Kier alpha value is -1.39. The highest BCUT2D eigenvalue weighted by Gasteiger charge is 2.32. The van der Waals surface area contributed by atoms with Crippen LogP contribution in [0.25, 0.3) is 10.9 Å². The van der Waals surface area contributed by atoms with E-state index in [1.165, 1.54) is 0 Å². The fraction of sp³-hybridized carbons (Fsp3) is 0.500. The summed E-state index contributed by atoms with van der Waals surface area (Å²) < 4.78 is 7.26. The highest BCUT2D eigenvalue weighted by molar-refractivity contribution is 5.81. The van der Waals surface area contributed by atoms with Gasteiger partial charge in [0.15, 0.2) is 0 Å². The van der Waals surface area contributed by atoms with E-state index in [1.807, 2.05) is 29.9 Å². The zero-order chi connectivity index (χ0) is 12.6. The molecule has 0 spiro atoms. The minimum absolute atomic E-state index is 0.415. The van der Waals surface area contributed by atoms with E-state index in [-0.39, 0.29) is 0 Å². The molecule has 1 fully saturated rings. The van der Waals surface area contributed by atoms with Gasteiger partial charge in [-0.2, -0.15) is 5.10 Å². The van der Waals surface area contributed by atoms with Crippen LogP contribution in [0.1, 0.15) is 18.5 Å². The molecule has 0 radical (unpaired) electrons. The number of rotatable bonds is 2. The lowest BCUT2D eigenvalue weighted by atomic mass is 9.90. The first-order valence-electron chi connectivity index (χ1n) is 6.39. The van der Waals surface area contributed by atoms with Gasteiger partial charge >= 0.3 is 0 Å². The van der Waals surface area contributed by atoms with Crippen LogP contribution < -0.4 is 0 Å². The third kappa shape index (κ3) is 2.02. The fourth-order valence-corrected chi connectivity index (χ4v) is 2.71. The summed E-state index contributed by atoms with van der Waals surface area (Å²) >= 11 is 0. The Bertz CT molecular complexity index is 556. The highest BCUT2D eigenvalue weighted by atomic mass is 16.5. The number of aliphatic hydroxyl groups is 1. The predicted molar refractivity (Wildman–Crippen MR) is 69.4 cm³/mol. The van der Waals surface area contributed by atoms with Crippen molar-refractivity contribution in [3.8, 4) is 0 Å². The third-order valence-corrected chi connectivity index (χ3v) is 3.63. The number of benzene rings is 1. The Labute approximate surface area is 106 Å². The van der Waals surface area contributed by atoms with E-state index in [1.54, 1.807) is 0 Å². The lowest BCUT2D eigenvalue weighted by molar-refractivity contribution is -0.0848. The van der Waals surface area contributed by atoms with Crippen molar-refractivity contribution in [3.63, 3.8) is 0 Å². The number of para-hydroxylation sites is 1. The molecule has 1 unspecified atom stereocenters. The number of aromatic nitrogens is 2. The molecule has 2 heterocycles. The molecular weight excluding hydrogens is 228 g/mol. The van der Waals surface area contributed by atoms with Gasteiger partial charge in [0.2, 0.25) is 0 Å². The number of nitrogens with zero attached hydrogens (tertiary/aromatic N) is 2. The van der Waals surface area contributed by atoms with Crippen molar-refractivity contribution in [2.45, 2.75) is 24.9 Å². The molecule has 1 aromatic carbocycles. The molecular formula is C14H18N2O2. The number of hydrogen-bond acceptors (Lipinski definition) is 3. The van der Waals surface area contributed by atoms with Crippen LogP contribution in [0.4, 0.5) is 0 Å². The van der Waals surface area contributed by atoms with E-state index in [0.29, 0.717) is 13.0 Å². The summed E-state index contributed by atoms with van der Waals surface area (Å²) in [5.41, 5.74) is 1.31. The van der Waals surface area contributed by atoms with Gasteiger partial charge in [-0.15, -0.1) is 0 Å². The van der Waals surface area contributed by atoms with Gasteiger partial charge in [-0.25, -0.2) is 0 Å². The highest BCUT2D eigenvalue weighted by Crippen LogP contribution is 2.27. The van der Waals surface area contributed by atoms with Crippen molar-refractivity contribution < 1.29 is 9.84 Å². The van der Waals surface area contributed by atoms with Crippen LogP contribution in [0.15, 0.2) is 24.3 Å². The Morgan fingerprint density at radius 2 is 2.28 bits per heavy atom. The first kappa shape index (κ1) is 11.7. The predicted octanol–water partition coefficient (Wildman–Crippen LogP) is 1.66. The van der Waals surface area contributed by atoms with Crippen molar-refractivity contribution in [2.75, 3.05) is 13.2 Å². The molecule has 0 saturated carbocycles. The molecule has 0 aliphatic carbocycles. The van der Waals surface area contributed by atoms with Crippen LogP contribution >= 0.6 is 0 Å². The van der Waals surface area contributed by atoms with Crippen LogP contribution in [0.3, 0.4) is 0 Å². The van der Waals surface area contributed by atoms with Crippen molar-refractivity contribution in [3.05, 3.63) is 30.0 Å². The number of ether oxygens (including phenoxy) is 1. The van der Waals surface area contributed by atoms with Crippen LogP contribution in [0.5, 0.6) is 0 Å². The number of aryl methyl sites for hydroxylation is 1. The van der Waals surface area contributed by atoms with Crippen molar-refractivity contribution in [1.29, 1.82) is 0 Å². The Balaban J connectivity index is 1.95. The van der Waals surface area contributed by atoms with Gasteiger partial charge in [-0.05, 0) is 18.9 Å². The lowest BCUT2D eigenvalue weighted by Crippen LogP contribution is -2.40. The maximum Gasteiger partial charge on any atom is 0.0937 e. The van der Waals surface area contributed by atoms with Crippen LogP contribution in [-0.4, -0.2) is 33.7 Å². The minimum Gasteiger partial charge on any atom is -0.387 e. The maximum atomic E-state index is 10.5. The quantitative estimate of drug-likeness (QED) is 0.876. The maximum absolute atomic E-state index is 10.5. The molecule has 1 aliphatic rings. The second-order valence-corrected chi connectivity index (χ2v) is 5.14. The van der Waals surface area contributed by atoms with Gasteiger partial charge in [0.25, 0.3) is 0 Å². The van der Waals surface area contributed by atoms with E-state index in [4.69, 9.17) is 4.74 Å². The lowest BCUT2D eigenvalue weighted by Gasteiger charge is -2.31. The smallest absolute Gasteiger partial charge is 0.0937 e. The molecule has 18 heavy (non-hydrogen) atoms. The topological polar surface area (TPSA) is 47.3 Å². The van der Waals surface area contributed by atoms with E-state index in [9.17, 15) is 5.11 Å². The number of hydrogen-bond donors (Lipinski definition) is 1. The largest absolute Gasteiger partial charge is 0.387 e. The Morgan fingerprint density at radius 3 is 3.06 bits per heavy atom. The summed E-state index contributed by atoms with van der Waals surface area (Å²) in [6.45, 7) is 1.17. The van der Waals surface area contributed by atoms with Gasteiger partial charge in [0.1, 0.15) is 0 Å². The van der Waals surface area contributed by atoms with Crippen molar-refractivity contribution >= 4 is 10.9 Å². The second-order valence-electron chi connectivity index (χ2n) is 5.14. The average Bonchev–Trinajstić information content (AvgIpc) is 2.67. The molecule has 0 bridgehead atoms. The van der Waals surface area contributed by atoms with Gasteiger partial charge in [-0.1, -0.05) is 18.2 Å². The Morgan fingerprint density at radius 1 is 1.44 bits per heavy atom. The first-order valence-corrected chi connectivity index (χ1v) is 6.39. The molecule has 1 aromatic heterocycles. The van der Waals surface area contributed by atoms with Gasteiger partial charge in [-0.3, -0.25) is 4.68 Å². The summed E-state index contributed by atoms with van der Waals surface area (Å²) in [5, 5.41) is 16.2.